The third-order valence-corrected chi connectivity index (χ3v) is 3.84. The second kappa shape index (κ2) is 8.81. The van der Waals surface area contributed by atoms with Crippen molar-refractivity contribution in [2.45, 2.75) is 13.1 Å². The van der Waals surface area contributed by atoms with Crippen LogP contribution in [0.25, 0.3) is 0 Å². The number of amides is 2. The number of carbonyl (C=O) groups excluding carboxylic acids is 1. The Morgan fingerprint density at radius 3 is 2.50 bits per heavy atom. The Balaban J connectivity index is 1.59. The van der Waals surface area contributed by atoms with Crippen LogP contribution < -0.4 is 20.7 Å². The fraction of sp³-hybridized carbons (Fsp3) is 0.150. The lowest BCUT2D eigenvalue weighted by Gasteiger charge is -2.10. The van der Waals surface area contributed by atoms with E-state index in [-0.39, 0.29) is 0 Å². The van der Waals surface area contributed by atoms with E-state index >= 15 is 0 Å². The number of ether oxygens (including phenoxy) is 1. The highest BCUT2D eigenvalue weighted by Gasteiger charge is 2.07. The fourth-order valence-corrected chi connectivity index (χ4v) is 2.42. The van der Waals surface area contributed by atoms with Crippen molar-refractivity contribution in [3.63, 3.8) is 0 Å². The maximum atomic E-state index is 13.4. The second-order valence-corrected chi connectivity index (χ2v) is 5.94. The van der Waals surface area contributed by atoms with Gasteiger partial charge < -0.3 is 20.7 Å². The molecule has 1 aromatic heterocycles. The summed E-state index contributed by atoms with van der Waals surface area (Å²) in [7, 11) is 1.76. The largest absolute Gasteiger partial charge is 0.439 e. The van der Waals surface area contributed by atoms with Gasteiger partial charge in [0.15, 0.2) is 0 Å². The topological polar surface area (TPSA) is 88.2 Å². The van der Waals surface area contributed by atoms with Crippen molar-refractivity contribution in [2.24, 2.45) is 0 Å². The van der Waals surface area contributed by atoms with Gasteiger partial charge in [-0.15, -0.1) is 0 Å². The first-order valence-electron chi connectivity index (χ1n) is 8.63. The molecule has 1 unspecified atom stereocenters. The molecule has 0 aliphatic heterocycles. The summed E-state index contributed by atoms with van der Waals surface area (Å²) < 4.78 is 19.0. The zero-order chi connectivity index (χ0) is 19.9. The maximum absolute atomic E-state index is 13.4. The number of nitrogens with one attached hydrogen (secondary N) is 3. The minimum absolute atomic E-state index is 0.403. The monoisotopic (exact) mass is 381 g/mol. The Morgan fingerprint density at radius 1 is 1.04 bits per heavy atom. The first-order valence-corrected chi connectivity index (χ1v) is 8.63. The molecule has 0 fully saturated rings. The second-order valence-electron chi connectivity index (χ2n) is 5.94. The summed E-state index contributed by atoms with van der Waals surface area (Å²) in [5.41, 5.74) is 1.60. The van der Waals surface area contributed by atoms with Gasteiger partial charge in [-0.1, -0.05) is 12.1 Å². The van der Waals surface area contributed by atoms with Gasteiger partial charge in [0, 0.05) is 24.5 Å². The van der Waals surface area contributed by atoms with Crippen LogP contribution in [-0.4, -0.2) is 23.0 Å². The molecule has 7 nitrogen and oxygen atoms in total. The van der Waals surface area contributed by atoms with Gasteiger partial charge in [0.05, 0.1) is 0 Å². The highest BCUT2D eigenvalue weighted by Crippen LogP contribution is 2.23. The summed E-state index contributed by atoms with van der Waals surface area (Å²) in [5, 5.41) is 8.30. The molecular formula is C20H20FN5O2. The van der Waals surface area contributed by atoms with Crippen LogP contribution in [0.3, 0.4) is 0 Å². The molecule has 0 bridgehead atoms. The van der Waals surface area contributed by atoms with Crippen molar-refractivity contribution in [3.05, 3.63) is 66.5 Å². The van der Waals surface area contributed by atoms with E-state index in [2.05, 4.69) is 25.9 Å². The van der Waals surface area contributed by atoms with Crippen LogP contribution >= 0.6 is 0 Å². The molecule has 1 atom stereocenters. The van der Waals surface area contributed by atoms with Gasteiger partial charge in [-0.05, 0) is 48.9 Å². The Labute approximate surface area is 162 Å². The number of carbonyl (C=O) groups is 1. The molecule has 1 heterocycles. The third-order valence-electron chi connectivity index (χ3n) is 3.84. The van der Waals surface area contributed by atoms with E-state index in [9.17, 15) is 9.18 Å². The molecule has 0 aliphatic carbocycles. The number of benzene rings is 2. The van der Waals surface area contributed by atoms with Gasteiger partial charge >= 0.3 is 6.03 Å². The van der Waals surface area contributed by atoms with E-state index in [0.29, 0.717) is 34.4 Å². The number of hydrogen-bond donors (Lipinski definition) is 3. The molecule has 28 heavy (non-hydrogen) atoms. The van der Waals surface area contributed by atoms with Gasteiger partial charge in [0.1, 0.15) is 24.1 Å². The standard InChI is InChI=1S/C20H20FN5O2/c1-13(21)14-4-3-5-16(10-14)26-20(27)25-15-6-8-17(9-7-15)28-19-11-18(22-2)23-12-24-19/h3-13H,1-2H3,(H,22,23,24)(H2,25,26,27). The van der Waals surface area contributed by atoms with E-state index in [1.807, 2.05) is 0 Å². The third kappa shape index (κ3) is 5.16. The van der Waals surface area contributed by atoms with Gasteiger partial charge in [0.2, 0.25) is 5.88 Å². The van der Waals surface area contributed by atoms with Crippen molar-refractivity contribution in [1.82, 2.24) is 9.97 Å². The summed E-state index contributed by atoms with van der Waals surface area (Å²) in [4.78, 5) is 20.2. The summed E-state index contributed by atoms with van der Waals surface area (Å²) >= 11 is 0. The van der Waals surface area contributed by atoms with Crippen LogP contribution in [0.5, 0.6) is 11.6 Å². The number of urea groups is 1. The number of halogens is 1. The Bertz CT molecular complexity index is 947. The van der Waals surface area contributed by atoms with E-state index in [1.165, 1.54) is 13.3 Å². The van der Waals surface area contributed by atoms with Crippen molar-refractivity contribution in [1.29, 1.82) is 0 Å². The molecule has 0 radical (unpaired) electrons. The van der Waals surface area contributed by atoms with Gasteiger partial charge in [-0.25, -0.2) is 19.2 Å². The molecule has 8 heteroatoms. The lowest BCUT2D eigenvalue weighted by atomic mass is 10.1. The maximum Gasteiger partial charge on any atom is 0.323 e. The van der Waals surface area contributed by atoms with Gasteiger partial charge in [-0.3, -0.25) is 0 Å². The lowest BCUT2D eigenvalue weighted by molar-refractivity contribution is 0.262. The quantitative estimate of drug-likeness (QED) is 0.560. The molecular weight excluding hydrogens is 361 g/mol. The number of rotatable bonds is 6. The van der Waals surface area contributed by atoms with Crippen molar-refractivity contribution in [3.8, 4) is 11.6 Å². The molecule has 3 aromatic rings. The minimum Gasteiger partial charge on any atom is -0.439 e. The number of aromatic nitrogens is 2. The average molecular weight is 381 g/mol. The summed E-state index contributed by atoms with van der Waals surface area (Å²) in [6.07, 6.45) is 0.302. The van der Waals surface area contributed by atoms with Gasteiger partial charge in [0.25, 0.3) is 0 Å². The molecule has 0 aliphatic rings. The Morgan fingerprint density at radius 2 is 1.79 bits per heavy atom. The number of alkyl halides is 1. The number of hydrogen-bond acceptors (Lipinski definition) is 5. The van der Waals surface area contributed by atoms with E-state index in [0.717, 1.165) is 0 Å². The SMILES string of the molecule is CNc1cc(Oc2ccc(NC(=O)Nc3cccc(C(C)F)c3)cc2)ncn1. The Hall–Kier alpha value is -3.68. The number of anilines is 3. The van der Waals surface area contributed by atoms with Crippen LogP contribution in [-0.2, 0) is 0 Å². The lowest BCUT2D eigenvalue weighted by Crippen LogP contribution is -2.19. The van der Waals surface area contributed by atoms with Crippen LogP contribution in [0.15, 0.2) is 60.9 Å². The number of nitrogens with zero attached hydrogens (tertiary/aromatic N) is 2. The highest BCUT2D eigenvalue weighted by atomic mass is 19.1. The first-order chi connectivity index (χ1) is 13.5. The first kappa shape index (κ1) is 19.1. The molecule has 3 N–H and O–H groups in total. The normalized spacial score (nSPS) is 11.4. The summed E-state index contributed by atoms with van der Waals surface area (Å²) in [5.74, 6) is 1.61. The minimum atomic E-state index is -1.10. The van der Waals surface area contributed by atoms with Crippen LogP contribution in [0.4, 0.5) is 26.4 Å². The van der Waals surface area contributed by atoms with Gasteiger partial charge in [-0.2, -0.15) is 0 Å². The van der Waals surface area contributed by atoms with Crippen molar-refractivity contribution < 1.29 is 13.9 Å². The average Bonchev–Trinajstić information content (AvgIpc) is 2.70. The van der Waals surface area contributed by atoms with Crippen molar-refractivity contribution in [2.75, 3.05) is 23.0 Å². The molecule has 2 amide bonds. The molecule has 2 aromatic carbocycles. The predicted octanol–water partition coefficient (Wildman–Crippen LogP) is 4.99. The highest BCUT2D eigenvalue weighted by molar-refractivity contribution is 5.99. The van der Waals surface area contributed by atoms with E-state index in [4.69, 9.17) is 4.74 Å². The zero-order valence-electron chi connectivity index (χ0n) is 15.4. The van der Waals surface area contributed by atoms with Crippen LogP contribution in [0.2, 0.25) is 0 Å². The van der Waals surface area contributed by atoms with Crippen molar-refractivity contribution >= 4 is 23.2 Å². The molecule has 0 saturated carbocycles. The smallest absolute Gasteiger partial charge is 0.323 e. The summed E-state index contributed by atoms with van der Waals surface area (Å²) in [6, 6.07) is 14.7. The molecule has 0 saturated heterocycles. The zero-order valence-corrected chi connectivity index (χ0v) is 15.4. The van der Waals surface area contributed by atoms with Crippen LogP contribution in [0, 0.1) is 0 Å². The van der Waals surface area contributed by atoms with E-state index in [1.54, 1.807) is 61.6 Å². The Kier molecular flexibility index (Phi) is 6.01. The predicted molar refractivity (Wildman–Crippen MR) is 107 cm³/mol. The summed E-state index contributed by atoms with van der Waals surface area (Å²) in [6.45, 7) is 1.45. The molecule has 3 rings (SSSR count). The fourth-order valence-electron chi connectivity index (χ4n) is 2.42. The van der Waals surface area contributed by atoms with Crippen LogP contribution in [0.1, 0.15) is 18.7 Å². The molecule has 144 valence electrons. The molecule has 0 spiro atoms. The van der Waals surface area contributed by atoms with E-state index < -0.39 is 12.2 Å².